The van der Waals surface area contributed by atoms with Crippen LogP contribution in [-0.2, 0) is 4.79 Å². The molecule has 0 saturated carbocycles. The zero-order chi connectivity index (χ0) is 18.1. The molecule has 2 aromatic rings. The first kappa shape index (κ1) is 16.8. The van der Waals surface area contributed by atoms with E-state index in [2.05, 4.69) is 5.32 Å². The number of aromatic carboxylic acids is 1. The van der Waals surface area contributed by atoms with Crippen LogP contribution in [0.1, 0.15) is 23.0 Å². The number of imide groups is 1. The number of nitrogens with zero attached hydrogens (tertiary/aromatic N) is 1. The van der Waals surface area contributed by atoms with E-state index < -0.39 is 17.9 Å². The first-order valence-corrected chi connectivity index (χ1v) is 7.76. The Hall–Kier alpha value is -3.06. The number of rotatable bonds is 4. The first-order chi connectivity index (χ1) is 11.9. The summed E-state index contributed by atoms with van der Waals surface area (Å²) in [4.78, 5) is 35.7. The Kier molecular flexibility index (Phi) is 4.33. The maximum absolute atomic E-state index is 12.0. The number of furan rings is 1. The van der Waals surface area contributed by atoms with Crippen molar-refractivity contribution < 1.29 is 23.9 Å². The minimum atomic E-state index is -1.11. The molecule has 0 bridgehead atoms. The fraction of sp³-hybridized carbons (Fsp3) is 0.118. The normalized spacial score (nSPS) is 15.8. The summed E-state index contributed by atoms with van der Waals surface area (Å²) in [6, 6.07) is 7.28. The molecule has 2 heterocycles. The van der Waals surface area contributed by atoms with Gasteiger partial charge < -0.3 is 14.8 Å². The van der Waals surface area contributed by atoms with Crippen molar-refractivity contribution in [2.75, 3.05) is 6.54 Å². The Morgan fingerprint density at radius 2 is 2.08 bits per heavy atom. The maximum Gasteiger partial charge on any atom is 0.337 e. The van der Waals surface area contributed by atoms with E-state index in [1.165, 1.54) is 18.2 Å². The second kappa shape index (κ2) is 6.45. The molecule has 1 aromatic carbocycles. The molecule has 25 heavy (non-hydrogen) atoms. The van der Waals surface area contributed by atoms with Crippen LogP contribution in [0.25, 0.3) is 17.4 Å². The zero-order valence-corrected chi connectivity index (χ0v) is 13.8. The summed E-state index contributed by atoms with van der Waals surface area (Å²) < 4.78 is 5.63. The number of nitrogens with one attached hydrogen (secondary N) is 1. The van der Waals surface area contributed by atoms with Gasteiger partial charge in [-0.3, -0.25) is 9.69 Å². The van der Waals surface area contributed by atoms with Crippen molar-refractivity contribution in [3.8, 4) is 11.3 Å². The maximum atomic E-state index is 12.0. The van der Waals surface area contributed by atoms with Gasteiger partial charge in [-0.05, 0) is 31.2 Å². The van der Waals surface area contributed by atoms with Gasteiger partial charge in [-0.1, -0.05) is 17.7 Å². The summed E-state index contributed by atoms with van der Waals surface area (Å²) in [5.74, 6) is -0.707. The molecule has 7 nitrogen and oxygen atoms in total. The summed E-state index contributed by atoms with van der Waals surface area (Å²) in [6.45, 7) is 1.98. The molecule has 128 valence electrons. The van der Waals surface area contributed by atoms with Crippen LogP contribution in [0.15, 0.2) is 40.4 Å². The Bertz CT molecular complexity index is 916. The second-order valence-electron chi connectivity index (χ2n) is 5.24. The highest BCUT2D eigenvalue weighted by Crippen LogP contribution is 2.28. The number of carboxylic acids is 1. The lowest BCUT2D eigenvalue weighted by Crippen LogP contribution is -2.30. The van der Waals surface area contributed by atoms with E-state index in [-0.39, 0.29) is 22.8 Å². The van der Waals surface area contributed by atoms with E-state index in [0.717, 1.165) is 4.90 Å². The summed E-state index contributed by atoms with van der Waals surface area (Å²) >= 11 is 5.95. The lowest BCUT2D eigenvalue weighted by Gasteiger charge is -2.05. The van der Waals surface area contributed by atoms with Gasteiger partial charge in [-0.15, -0.1) is 0 Å². The highest BCUT2D eigenvalue weighted by molar-refractivity contribution is 6.33. The van der Waals surface area contributed by atoms with Gasteiger partial charge in [0.1, 0.15) is 17.2 Å². The summed E-state index contributed by atoms with van der Waals surface area (Å²) in [5, 5.41) is 11.6. The molecule has 1 aliphatic rings. The van der Waals surface area contributed by atoms with E-state index in [4.69, 9.17) is 21.1 Å². The number of carbonyl (C=O) groups excluding carboxylic acids is 2. The number of hydrogen-bond donors (Lipinski definition) is 2. The molecular formula is C17H13ClN2O5. The van der Waals surface area contributed by atoms with Crippen LogP contribution in [0.5, 0.6) is 0 Å². The van der Waals surface area contributed by atoms with Crippen molar-refractivity contribution in [2.45, 2.75) is 6.92 Å². The molecule has 1 fully saturated rings. The van der Waals surface area contributed by atoms with Crippen LogP contribution in [0.4, 0.5) is 4.79 Å². The first-order valence-electron chi connectivity index (χ1n) is 7.38. The largest absolute Gasteiger partial charge is 0.478 e. The Balaban J connectivity index is 1.87. The van der Waals surface area contributed by atoms with Crippen molar-refractivity contribution >= 4 is 35.6 Å². The molecule has 1 saturated heterocycles. The molecule has 0 aliphatic carbocycles. The molecular weight excluding hydrogens is 348 g/mol. The van der Waals surface area contributed by atoms with Crippen LogP contribution in [0.3, 0.4) is 0 Å². The molecule has 1 aliphatic heterocycles. The van der Waals surface area contributed by atoms with Gasteiger partial charge in [-0.2, -0.15) is 0 Å². The lowest BCUT2D eigenvalue weighted by atomic mass is 10.1. The van der Waals surface area contributed by atoms with Crippen LogP contribution < -0.4 is 5.32 Å². The van der Waals surface area contributed by atoms with Crippen LogP contribution in [0.2, 0.25) is 5.02 Å². The fourth-order valence-electron chi connectivity index (χ4n) is 2.43. The average Bonchev–Trinajstić information content (AvgIpc) is 3.12. The topological polar surface area (TPSA) is 99.8 Å². The van der Waals surface area contributed by atoms with E-state index in [9.17, 15) is 14.4 Å². The van der Waals surface area contributed by atoms with Crippen LogP contribution in [0, 0.1) is 0 Å². The smallest absolute Gasteiger partial charge is 0.337 e. The van der Waals surface area contributed by atoms with Gasteiger partial charge in [0.2, 0.25) is 0 Å². The predicted molar refractivity (Wildman–Crippen MR) is 90.0 cm³/mol. The van der Waals surface area contributed by atoms with Gasteiger partial charge >= 0.3 is 12.0 Å². The number of halogens is 1. The SMILES string of the molecule is CCN1C(=O)NC(=Cc2ccc(-c3ccc(C(=O)O)c(Cl)c3)o2)C1=O. The number of benzene rings is 1. The quantitative estimate of drug-likeness (QED) is 0.644. The van der Waals surface area contributed by atoms with Crippen LogP contribution in [-0.4, -0.2) is 34.5 Å². The number of amides is 3. The third-order valence-electron chi connectivity index (χ3n) is 3.68. The van der Waals surface area contributed by atoms with Gasteiger partial charge in [0.25, 0.3) is 5.91 Å². The number of carbonyl (C=O) groups is 3. The molecule has 1 aromatic heterocycles. The lowest BCUT2D eigenvalue weighted by molar-refractivity contribution is -0.122. The molecule has 8 heteroatoms. The highest BCUT2D eigenvalue weighted by atomic mass is 35.5. The Morgan fingerprint density at radius 3 is 2.68 bits per heavy atom. The Morgan fingerprint density at radius 1 is 1.32 bits per heavy atom. The second-order valence-corrected chi connectivity index (χ2v) is 5.65. The predicted octanol–water partition coefficient (Wildman–Crippen LogP) is 3.21. The Labute approximate surface area is 147 Å². The van der Waals surface area contributed by atoms with E-state index in [0.29, 0.717) is 17.1 Å². The summed E-state index contributed by atoms with van der Waals surface area (Å²) in [7, 11) is 0. The monoisotopic (exact) mass is 360 g/mol. The third-order valence-corrected chi connectivity index (χ3v) is 3.99. The van der Waals surface area contributed by atoms with Crippen molar-refractivity contribution in [1.82, 2.24) is 10.2 Å². The van der Waals surface area contributed by atoms with E-state index in [1.807, 2.05) is 0 Å². The summed E-state index contributed by atoms with van der Waals surface area (Å²) in [6.07, 6.45) is 1.44. The van der Waals surface area contributed by atoms with E-state index in [1.54, 1.807) is 25.1 Å². The third kappa shape index (κ3) is 3.14. The van der Waals surface area contributed by atoms with Crippen LogP contribution >= 0.6 is 11.6 Å². The number of carboxylic acid groups (broad SMARTS) is 1. The molecule has 2 N–H and O–H groups in total. The molecule has 3 rings (SSSR count). The zero-order valence-electron chi connectivity index (χ0n) is 13.1. The molecule has 3 amide bonds. The molecule has 0 atom stereocenters. The van der Waals surface area contributed by atoms with Gasteiger partial charge in [-0.25, -0.2) is 9.59 Å². The molecule has 0 radical (unpaired) electrons. The van der Waals surface area contributed by atoms with E-state index >= 15 is 0 Å². The fourth-order valence-corrected chi connectivity index (χ4v) is 2.69. The number of urea groups is 1. The van der Waals surface area contributed by atoms with Crippen molar-refractivity contribution in [2.24, 2.45) is 0 Å². The number of hydrogen-bond acceptors (Lipinski definition) is 4. The van der Waals surface area contributed by atoms with Gasteiger partial charge in [0.05, 0.1) is 10.6 Å². The highest BCUT2D eigenvalue weighted by Gasteiger charge is 2.32. The minimum absolute atomic E-state index is 0.00163. The van der Waals surface area contributed by atoms with Crippen molar-refractivity contribution in [1.29, 1.82) is 0 Å². The standard InChI is InChI=1S/C17H13ClN2O5/c1-2-20-15(21)13(19-17(20)24)8-10-4-6-14(25-10)9-3-5-11(16(22)23)12(18)7-9/h3-8H,2H2,1H3,(H,19,24)(H,22,23). The van der Waals surface area contributed by atoms with Gasteiger partial charge in [0, 0.05) is 18.2 Å². The summed E-state index contributed by atoms with van der Waals surface area (Å²) in [5.41, 5.74) is 0.724. The molecule has 0 spiro atoms. The van der Waals surface area contributed by atoms with Gasteiger partial charge in [0.15, 0.2) is 0 Å². The number of likely N-dealkylation sites (N-methyl/N-ethyl adjacent to an activating group) is 1. The van der Waals surface area contributed by atoms with Crippen molar-refractivity contribution in [3.63, 3.8) is 0 Å². The molecule has 0 unspecified atom stereocenters. The average molecular weight is 361 g/mol. The minimum Gasteiger partial charge on any atom is -0.478 e. The van der Waals surface area contributed by atoms with Crippen molar-refractivity contribution in [3.05, 3.63) is 52.4 Å².